The fourth-order valence-corrected chi connectivity index (χ4v) is 4.12. The highest BCUT2D eigenvalue weighted by atomic mass is 15.2. The molecule has 4 unspecified atom stereocenters. The zero-order valence-electron chi connectivity index (χ0n) is 12.6. The van der Waals surface area contributed by atoms with Gasteiger partial charge in [-0.15, -0.1) is 0 Å². The van der Waals surface area contributed by atoms with Gasteiger partial charge in [0.1, 0.15) is 0 Å². The Bertz CT molecular complexity index is 241. The van der Waals surface area contributed by atoms with Crippen molar-refractivity contribution >= 4 is 0 Å². The molecule has 2 rings (SSSR count). The topological polar surface area (TPSA) is 15.3 Å². The number of fused-ring (bicyclic) bond motifs is 1. The molecule has 1 saturated carbocycles. The Labute approximate surface area is 114 Å². The van der Waals surface area contributed by atoms with Crippen LogP contribution in [0.2, 0.25) is 0 Å². The highest BCUT2D eigenvalue weighted by molar-refractivity contribution is 4.86. The van der Waals surface area contributed by atoms with Crippen molar-refractivity contribution in [2.45, 2.75) is 71.4 Å². The van der Waals surface area contributed by atoms with Gasteiger partial charge in [0.2, 0.25) is 0 Å². The van der Waals surface area contributed by atoms with Crippen molar-refractivity contribution in [1.82, 2.24) is 10.2 Å². The van der Waals surface area contributed by atoms with E-state index in [2.05, 4.69) is 31.0 Å². The van der Waals surface area contributed by atoms with Gasteiger partial charge in [-0.3, -0.25) is 0 Å². The van der Waals surface area contributed by atoms with E-state index in [1.54, 1.807) is 0 Å². The second-order valence-electron chi connectivity index (χ2n) is 6.63. The highest BCUT2D eigenvalue weighted by Gasteiger charge is 2.32. The second kappa shape index (κ2) is 6.91. The smallest absolute Gasteiger partial charge is 0.00817 e. The largest absolute Gasteiger partial charge is 0.314 e. The summed E-state index contributed by atoms with van der Waals surface area (Å²) >= 11 is 0. The van der Waals surface area contributed by atoms with Gasteiger partial charge < -0.3 is 10.2 Å². The van der Waals surface area contributed by atoms with Gasteiger partial charge in [-0.2, -0.15) is 0 Å². The van der Waals surface area contributed by atoms with Gasteiger partial charge in [0.05, 0.1) is 0 Å². The molecule has 106 valence electrons. The van der Waals surface area contributed by atoms with Crippen LogP contribution in [0.1, 0.15) is 59.3 Å². The van der Waals surface area contributed by atoms with Crippen molar-refractivity contribution in [2.75, 3.05) is 19.6 Å². The summed E-state index contributed by atoms with van der Waals surface area (Å²) in [5.41, 5.74) is 0. The molecule has 2 aliphatic rings. The number of hydrogen-bond donors (Lipinski definition) is 1. The summed E-state index contributed by atoms with van der Waals surface area (Å²) in [4.78, 5) is 2.76. The molecule has 1 aliphatic heterocycles. The molecule has 0 aromatic rings. The minimum Gasteiger partial charge on any atom is -0.314 e. The minimum absolute atomic E-state index is 0.661. The van der Waals surface area contributed by atoms with Gasteiger partial charge >= 0.3 is 0 Å². The molecule has 1 heterocycles. The van der Waals surface area contributed by atoms with Crippen LogP contribution in [0.5, 0.6) is 0 Å². The van der Waals surface area contributed by atoms with Crippen molar-refractivity contribution in [3.63, 3.8) is 0 Å². The molecule has 2 nitrogen and oxygen atoms in total. The van der Waals surface area contributed by atoms with Gasteiger partial charge in [0.15, 0.2) is 0 Å². The standard InChI is InChI=1S/C16H32N2/c1-4-17-13(2)11-14(3)18-10-9-15-7-5-6-8-16(15)12-18/h13-17H,4-12H2,1-3H3. The van der Waals surface area contributed by atoms with E-state index in [1.165, 1.54) is 51.6 Å². The zero-order valence-corrected chi connectivity index (χ0v) is 12.6. The number of nitrogens with zero attached hydrogens (tertiary/aromatic N) is 1. The van der Waals surface area contributed by atoms with Gasteiger partial charge in [-0.1, -0.05) is 26.2 Å². The van der Waals surface area contributed by atoms with Crippen LogP contribution >= 0.6 is 0 Å². The Morgan fingerprint density at radius 3 is 2.56 bits per heavy atom. The molecular formula is C16H32N2. The van der Waals surface area contributed by atoms with Gasteiger partial charge in [-0.05, 0) is 58.0 Å². The maximum atomic E-state index is 3.55. The van der Waals surface area contributed by atoms with Crippen LogP contribution in [0.15, 0.2) is 0 Å². The lowest BCUT2D eigenvalue weighted by atomic mass is 9.75. The summed E-state index contributed by atoms with van der Waals surface area (Å²) in [5.74, 6) is 2.08. The molecule has 1 saturated heterocycles. The first-order valence-electron chi connectivity index (χ1n) is 8.18. The first-order chi connectivity index (χ1) is 8.70. The molecule has 0 spiro atoms. The molecule has 2 heteroatoms. The van der Waals surface area contributed by atoms with Gasteiger partial charge in [0, 0.05) is 18.6 Å². The summed E-state index contributed by atoms with van der Waals surface area (Å²) in [5, 5.41) is 3.55. The first-order valence-corrected chi connectivity index (χ1v) is 8.18. The first kappa shape index (κ1) is 14.3. The van der Waals surface area contributed by atoms with E-state index < -0.39 is 0 Å². The average Bonchev–Trinajstić information content (AvgIpc) is 2.38. The Morgan fingerprint density at radius 1 is 1.11 bits per heavy atom. The third-order valence-electron chi connectivity index (χ3n) is 5.19. The number of rotatable bonds is 5. The maximum Gasteiger partial charge on any atom is 0.00817 e. The summed E-state index contributed by atoms with van der Waals surface area (Å²) in [6, 6.07) is 1.41. The zero-order chi connectivity index (χ0) is 13.0. The fraction of sp³-hybridized carbons (Fsp3) is 1.00. The minimum atomic E-state index is 0.661. The third-order valence-corrected chi connectivity index (χ3v) is 5.19. The Morgan fingerprint density at radius 2 is 1.83 bits per heavy atom. The lowest BCUT2D eigenvalue weighted by Crippen LogP contribution is -2.47. The monoisotopic (exact) mass is 252 g/mol. The molecular weight excluding hydrogens is 220 g/mol. The van der Waals surface area contributed by atoms with E-state index in [0.717, 1.165) is 24.4 Å². The average molecular weight is 252 g/mol. The predicted molar refractivity (Wildman–Crippen MR) is 78.9 cm³/mol. The maximum absolute atomic E-state index is 3.55. The molecule has 1 N–H and O–H groups in total. The molecule has 0 aromatic heterocycles. The third kappa shape index (κ3) is 3.71. The molecule has 0 aromatic carbocycles. The van der Waals surface area contributed by atoms with Crippen molar-refractivity contribution in [1.29, 1.82) is 0 Å². The van der Waals surface area contributed by atoms with Gasteiger partial charge in [-0.25, -0.2) is 0 Å². The quantitative estimate of drug-likeness (QED) is 0.808. The van der Waals surface area contributed by atoms with Crippen LogP contribution in [0.3, 0.4) is 0 Å². The highest BCUT2D eigenvalue weighted by Crippen LogP contribution is 2.36. The lowest BCUT2D eigenvalue weighted by molar-refractivity contribution is 0.0567. The van der Waals surface area contributed by atoms with Crippen LogP contribution in [0.25, 0.3) is 0 Å². The summed E-state index contributed by atoms with van der Waals surface area (Å²) in [6.45, 7) is 10.8. The number of piperidine rings is 1. The summed E-state index contributed by atoms with van der Waals surface area (Å²) in [6.07, 6.45) is 8.75. The van der Waals surface area contributed by atoms with E-state index in [9.17, 15) is 0 Å². The molecule has 0 radical (unpaired) electrons. The van der Waals surface area contributed by atoms with E-state index >= 15 is 0 Å². The Kier molecular flexibility index (Phi) is 5.50. The molecule has 2 fully saturated rings. The van der Waals surface area contributed by atoms with Crippen LogP contribution in [-0.2, 0) is 0 Å². The van der Waals surface area contributed by atoms with E-state index in [1.807, 2.05) is 0 Å². The predicted octanol–water partition coefficient (Wildman–Crippen LogP) is 3.28. The Hall–Kier alpha value is -0.0800. The van der Waals surface area contributed by atoms with E-state index in [0.29, 0.717) is 6.04 Å². The summed E-state index contributed by atoms with van der Waals surface area (Å²) < 4.78 is 0. The number of nitrogens with one attached hydrogen (secondary N) is 1. The Balaban J connectivity index is 1.78. The SMILES string of the molecule is CCNC(C)CC(C)N1CCC2CCCCC2C1. The summed E-state index contributed by atoms with van der Waals surface area (Å²) in [7, 11) is 0. The molecule has 4 atom stereocenters. The van der Waals surface area contributed by atoms with Crippen LogP contribution in [0.4, 0.5) is 0 Å². The molecule has 0 amide bonds. The molecule has 1 aliphatic carbocycles. The fourth-order valence-electron chi connectivity index (χ4n) is 4.12. The number of likely N-dealkylation sites (tertiary alicyclic amines) is 1. The van der Waals surface area contributed by atoms with E-state index in [4.69, 9.17) is 0 Å². The lowest BCUT2D eigenvalue weighted by Gasteiger charge is -2.44. The van der Waals surface area contributed by atoms with Gasteiger partial charge in [0.25, 0.3) is 0 Å². The van der Waals surface area contributed by atoms with Crippen LogP contribution < -0.4 is 5.32 Å². The van der Waals surface area contributed by atoms with Crippen LogP contribution in [0, 0.1) is 11.8 Å². The van der Waals surface area contributed by atoms with Crippen molar-refractivity contribution < 1.29 is 0 Å². The second-order valence-corrected chi connectivity index (χ2v) is 6.63. The number of hydrogen-bond acceptors (Lipinski definition) is 2. The molecule has 18 heavy (non-hydrogen) atoms. The van der Waals surface area contributed by atoms with Crippen molar-refractivity contribution in [3.05, 3.63) is 0 Å². The normalized spacial score (nSPS) is 32.8. The van der Waals surface area contributed by atoms with Crippen LogP contribution in [-0.4, -0.2) is 36.6 Å². The molecule has 0 bridgehead atoms. The van der Waals surface area contributed by atoms with Crippen molar-refractivity contribution in [3.8, 4) is 0 Å². The van der Waals surface area contributed by atoms with E-state index in [-0.39, 0.29) is 0 Å². The van der Waals surface area contributed by atoms with Crippen molar-refractivity contribution in [2.24, 2.45) is 11.8 Å².